The maximum Gasteiger partial charge on any atom is 0.222 e. The molecule has 0 aromatic carbocycles. The molecule has 0 saturated carbocycles. The van der Waals surface area contributed by atoms with Gasteiger partial charge in [-0.1, -0.05) is 0 Å². The number of anilines is 1. The number of nitrogens with zero attached hydrogens (tertiary/aromatic N) is 3. The number of aromatic nitrogens is 2. The van der Waals surface area contributed by atoms with Crippen LogP contribution >= 0.6 is 0 Å². The minimum Gasteiger partial charge on any atom is -0.353 e. The van der Waals surface area contributed by atoms with E-state index in [4.69, 9.17) is 0 Å². The van der Waals surface area contributed by atoms with Crippen molar-refractivity contribution in [1.29, 1.82) is 0 Å². The summed E-state index contributed by atoms with van der Waals surface area (Å²) in [6.07, 6.45) is 4.49. The molecule has 4 heteroatoms. The zero-order valence-corrected chi connectivity index (χ0v) is 9.24. The van der Waals surface area contributed by atoms with Crippen molar-refractivity contribution in [3.63, 3.8) is 0 Å². The largest absolute Gasteiger partial charge is 0.353 e. The molecule has 0 atom stereocenters. The minimum absolute atomic E-state index is 0.745. The molecule has 82 valence electrons. The number of nitrogens with one attached hydrogen (secondary N) is 1. The summed E-state index contributed by atoms with van der Waals surface area (Å²) in [6, 6.07) is 1.91. The quantitative estimate of drug-likeness (QED) is 0.806. The summed E-state index contributed by atoms with van der Waals surface area (Å²) in [5, 5.41) is 3.25. The van der Waals surface area contributed by atoms with Crippen molar-refractivity contribution in [1.82, 2.24) is 14.9 Å². The number of likely N-dealkylation sites (tertiary alicyclic amines) is 1. The van der Waals surface area contributed by atoms with Gasteiger partial charge in [-0.3, -0.25) is 0 Å². The van der Waals surface area contributed by atoms with Crippen molar-refractivity contribution in [3.8, 4) is 0 Å². The van der Waals surface area contributed by atoms with Crippen LogP contribution in [0.5, 0.6) is 0 Å². The molecule has 0 unspecified atom stereocenters. The first-order valence-electron chi connectivity index (χ1n) is 5.60. The summed E-state index contributed by atoms with van der Waals surface area (Å²) >= 11 is 0. The zero-order chi connectivity index (χ0) is 10.5. The van der Waals surface area contributed by atoms with Crippen LogP contribution in [0.4, 0.5) is 5.95 Å². The molecule has 1 fully saturated rings. The van der Waals surface area contributed by atoms with Crippen molar-refractivity contribution in [2.24, 2.45) is 0 Å². The number of hydrogen-bond acceptors (Lipinski definition) is 4. The Morgan fingerprint density at radius 3 is 2.93 bits per heavy atom. The van der Waals surface area contributed by atoms with Gasteiger partial charge < -0.3 is 10.2 Å². The predicted octanol–water partition coefficient (Wildman–Crippen LogP) is 1.29. The lowest BCUT2D eigenvalue weighted by Crippen LogP contribution is -2.26. The van der Waals surface area contributed by atoms with E-state index in [2.05, 4.69) is 20.2 Å². The van der Waals surface area contributed by atoms with Crippen LogP contribution in [0, 0.1) is 6.92 Å². The lowest BCUT2D eigenvalue weighted by Gasteiger charge is -2.14. The van der Waals surface area contributed by atoms with Crippen LogP contribution in [0.2, 0.25) is 0 Å². The van der Waals surface area contributed by atoms with Gasteiger partial charge in [-0.25, -0.2) is 9.97 Å². The van der Waals surface area contributed by atoms with Crippen LogP contribution in [0.15, 0.2) is 12.3 Å². The summed E-state index contributed by atoms with van der Waals surface area (Å²) in [6.45, 7) is 6.50. The molecule has 0 aliphatic carbocycles. The first-order chi connectivity index (χ1) is 7.34. The Bertz CT molecular complexity index is 307. The highest BCUT2D eigenvalue weighted by Crippen LogP contribution is 2.06. The normalized spacial score (nSPS) is 16.9. The summed E-state index contributed by atoms with van der Waals surface area (Å²) in [5.41, 5.74) is 1.01. The van der Waals surface area contributed by atoms with E-state index in [0.29, 0.717) is 0 Å². The van der Waals surface area contributed by atoms with Crippen LogP contribution in [0.25, 0.3) is 0 Å². The molecule has 4 nitrogen and oxygen atoms in total. The van der Waals surface area contributed by atoms with Crippen molar-refractivity contribution in [3.05, 3.63) is 18.0 Å². The highest BCUT2D eigenvalue weighted by molar-refractivity contribution is 5.24. The van der Waals surface area contributed by atoms with Gasteiger partial charge in [0.15, 0.2) is 0 Å². The maximum atomic E-state index is 4.30. The number of hydrogen-bond donors (Lipinski definition) is 1. The second kappa shape index (κ2) is 5.07. The van der Waals surface area contributed by atoms with E-state index in [9.17, 15) is 0 Å². The van der Waals surface area contributed by atoms with Crippen LogP contribution in [0.1, 0.15) is 18.5 Å². The third-order valence-corrected chi connectivity index (χ3v) is 2.70. The molecule has 1 aliphatic rings. The van der Waals surface area contributed by atoms with E-state index in [1.807, 2.05) is 13.0 Å². The molecular formula is C11H18N4. The van der Waals surface area contributed by atoms with Crippen molar-refractivity contribution < 1.29 is 0 Å². The fourth-order valence-corrected chi connectivity index (χ4v) is 1.87. The first kappa shape index (κ1) is 10.4. The van der Waals surface area contributed by atoms with Gasteiger partial charge in [-0.2, -0.15) is 0 Å². The van der Waals surface area contributed by atoms with Gasteiger partial charge >= 0.3 is 0 Å². The van der Waals surface area contributed by atoms with Gasteiger partial charge in [0.2, 0.25) is 5.95 Å². The maximum absolute atomic E-state index is 4.30. The average Bonchev–Trinajstić information content (AvgIpc) is 2.71. The third kappa shape index (κ3) is 3.16. The van der Waals surface area contributed by atoms with Gasteiger partial charge in [0.1, 0.15) is 0 Å². The molecule has 2 rings (SSSR count). The first-order valence-corrected chi connectivity index (χ1v) is 5.60. The molecule has 0 bridgehead atoms. The van der Waals surface area contributed by atoms with Crippen molar-refractivity contribution in [2.45, 2.75) is 19.8 Å². The number of aryl methyl sites for hydroxylation is 1. The standard InChI is InChI=1S/C11H18N4/c1-10-4-5-12-11(14-10)13-6-9-15-7-2-3-8-15/h4-5H,2-3,6-9H2,1H3,(H,12,13,14). The summed E-state index contributed by atoms with van der Waals surface area (Å²) in [4.78, 5) is 10.9. The highest BCUT2D eigenvalue weighted by atomic mass is 15.2. The highest BCUT2D eigenvalue weighted by Gasteiger charge is 2.10. The van der Waals surface area contributed by atoms with Gasteiger partial charge in [0.25, 0.3) is 0 Å². The van der Waals surface area contributed by atoms with Gasteiger partial charge in [-0.15, -0.1) is 0 Å². The molecule has 1 N–H and O–H groups in total. The summed E-state index contributed by atoms with van der Waals surface area (Å²) in [5.74, 6) is 0.745. The molecule has 1 aromatic heterocycles. The lowest BCUT2D eigenvalue weighted by molar-refractivity contribution is 0.352. The van der Waals surface area contributed by atoms with E-state index >= 15 is 0 Å². The van der Waals surface area contributed by atoms with Gasteiger partial charge in [-0.05, 0) is 38.9 Å². The fourth-order valence-electron chi connectivity index (χ4n) is 1.87. The van der Waals surface area contributed by atoms with E-state index in [1.54, 1.807) is 6.20 Å². The average molecular weight is 206 g/mol. The second-order valence-electron chi connectivity index (χ2n) is 4.00. The minimum atomic E-state index is 0.745. The lowest BCUT2D eigenvalue weighted by atomic mass is 10.4. The smallest absolute Gasteiger partial charge is 0.222 e. The molecule has 2 heterocycles. The molecule has 1 aromatic rings. The molecule has 1 aliphatic heterocycles. The Balaban J connectivity index is 1.73. The van der Waals surface area contributed by atoms with Crippen molar-refractivity contribution in [2.75, 3.05) is 31.5 Å². The monoisotopic (exact) mass is 206 g/mol. The number of rotatable bonds is 4. The van der Waals surface area contributed by atoms with Crippen LogP contribution in [-0.4, -0.2) is 41.0 Å². The van der Waals surface area contributed by atoms with Crippen LogP contribution in [-0.2, 0) is 0 Å². The topological polar surface area (TPSA) is 41.1 Å². The molecule has 15 heavy (non-hydrogen) atoms. The summed E-state index contributed by atoms with van der Waals surface area (Å²) < 4.78 is 0. The Kier molecular flexibility index (Phi) is 3.50. The van der Waals surface area contributed by atoms with Gasteiger partial charge in [0, 0.05) is 25.0 Å². The Hall–Kier alpha value is -1.16. The Morgan fingerprint density at radius 2 is 2.20 bits per heavy atom. The molecule has 0 radical (unpaired) electrons. The Morgan fingerprint density at radius 1 is 1.40 bits per heavy atom. The Labute approximate surface area is 90.7 Å². The van der Waals surface area contributed by atoms with Crippen LogP contribution < -0.4 is 5.32 Å². The van der Waals surface area contributed by atoms with E-state index in [1.165, 1.54) is 25.9 Å². The van der Waals surface area contributed by atoms with E-state index in [-0.39, 0.29) is 0 Å². The van der Waals surface area contributed by atoms with Gasteiger partial charge in [0.05, 0.1) is 0 Å². The second-order valence-corrected chi connectivity index (χ2v) is 4.00. The third-order valence-electron chi connectivity index (χ3n) is 2.70. The zero-order valence-electron chi connectivity index (χ0n) is 9.24. The fraction of sp³-hybridized carbons (Fsp3) is 0.636. The van der Waals surface area contributed by atoms with E-state index in [0.717, 1.165) is 24.7 Å². The molecule has 0 spiro atoms. The SMILES string of the molecule is Cc1ccnc(NCCN2CCCC2)n1. The molecule has 1 saturated heterocycles. The predicted molar refractivity (Wildman–Crippen MR) is 60.9 cm³/mol. The molecular weight excluding hydrogens is 188 g/mol. The van der Waals surface area contributed by atoms with Crippen molar-refractivity contribution >= 4 is 5.95 Å². The van der Waals surface area contributed by atoms with E-state index < -0.39 is 0 Å². The molecule has 0 amide bonds. The van der Waals surface area contributed by atoms with Crippen LogP contribution in [0.3, 0.4) is 0 Å². The summed E-state index contributed by atoms with van der Waals surface area (Å²) in [7, 11) is 0.